The minimum Gasteiger partial charge on any atom is -0.378 e. The molecule has 0 fully saturated rings. The normalized spacial score (nSPS) is 10.8. The maximum absolute atomic E-state index is 12.2. The van der Waals surface area contributed by atoms with Gasteiger partial charge >= 0.3 is 10.1 Å². The Morgan fingerprint density at radius 2 is 1.90 bits per heavy atom. The zero-order valence-electron chi connectivity index (χ0n) is 10.5. The molecule has 20 heavy (non-hydrogen) atoms. The summed E-state index contributed by atoms with van der Waals surface area (Å²) < 4.78 is 30.0. The van der Waals surface area contributed by atoms with Crippen LogP contribution in [0.4, 0.5) is 0 Å². The number of hydrogen-bond donors (Lipinski definition) is 0. The van der Waals surface area contributed by atoms with Crippen molar-refractivity contribution in [3.05, 3.63) is 58.1 Å². The molecule has 0 aliphatic rings. The quantitative estimate of drug-likeness (QED) is 0.794. The number of para-hydroxylation sites is 1. The summed E-state index contributed by atoms with van der Waals surface area (Å²) in [6, 6.07) is 12.9. The molecule has 2 aromatic rings. The third kappa shape index (κ3) is 3.00. The van der Waals surface area contributed by atoms with Crippen LogP contribution in [0, 0.1) is 18.3 Å². The van der Waals surface area contributed by atoms with Crippen molar-refractivity contribution >= 4 is 26.0 Å². The highest BCUT2D eigenvalue weighted by molar-refractivity contribution is 9.10. The van der Waals surface area contributed by atoms with Gasteiger partial charge in [0.1, 0.15) is 11.0 Å². The SMILES string of the molecule is Cc1ccc(S(=O)(=O)Oc2ccccc2C#N)c(Br)c1. The first-order chi connectivity index (χ1) is 9.44. The molecule has 0 bridgehead atoms. The van der Waals surface area contributed by atoms with E-state index < -0.39 is 10.1 Å². The van der Waals surface area contributed by atoms with Crippen LogP contribution in [0.15, 0.2) is 51.8 Å². The summed E-state index contributed by atoms with van der Waals surface area (Å²) in [6.07, 6.45) is 0. The zero-order valence-corrected chi connectivity index (χ0v) is 12.9. The molecule has 0 amide bonds. The molecule has 0 atom stereocenters. The lowest BCUT2D eigenvalue weighted by Crippen LogP contribution is -2.11. The number of nitriles is 1. The number of hydrogen-bond acceptors (Lipinski definition) is 4. The fourth-order valence-electron chi connectivity index (χ4n) is 1.60. The number of halogens is 1. The molecule has 0 saturated heterocycles. The van der Waals surface area contributed by atoms with Crippen molar-refractivity contribution in [3.63, 3.8) is 0 Å². The molecule has 4 nitrogen and oxygen atoms in total. The van der Waals surface area contributed by atoms with Gasteiger partial charge in [-0.1, -0.05) is 18.2 Å². The van der Waals surface area contributed by atoms with Gasteiger partial charge in [-0.2, -0.15) is 13.7 Å². The van der Waals surface area contributed by atoms with E-state index in [1.807, 2.05) is 13.0 Å². The van der Waals surface area contributed by atoms with Gasteiger partial charge in [0.25, 0.3) is 0 Å². The van der Waals surface area contributed by atoms with E-state index in [2.05, 4.69) is 15.9 Å². The molecule has 0 spiro atoms. The predicted molar refractivity (Wildman–Crippen MR) is 77.8 cm³/mol. The van der Waals surface area contributed by atoms with Crippen molar-refractivity contribution in [2.45, 2.75) is 11.8 Å². The van der Waals surface area contributed by atoms with Crippen LogP contribution in [-0.4, -0.2) is 8.42 Å². The van der Waals surface area contributed by atoms with E-state index in [0.717, 1.165) is 5.56 Å². The Labute approximate surface area is 125 Å². The first kappa shape index (κ1) is 14.6. The minimum absolute atomic E-state index is 0.0162. The average Bonchev–Trinajstić information content (AvgIpc) is 2.38. The molecule has 0 saturated carbocycles. The lowest BCUT2D eigenvalue weighted by atomic mass is 10.2. The summed E-state index contributed by atoms with van der Waals surface area (Å²) in [5.74, 6) is 0.0162. The van der Waals surface area contributed by atoms with Gasteiger partial charge in [0.05, 0.1) is 5.56 Å². The fraction of sp³-hybridized carbons (Fsp3) is 0.0714. The second-order valence-electron chi connectivity index (χ2n) is 4.08. The molecule has 6 heteroatoms. The topological polar surface area (TPSA) is 67.2 Å². The van der Waals surface area contributed by atoms with Crippen LogP contribution in [0.1, 0.15) is 11.1 Å². The second-order valence-corrected chi connectivity index (χ2v) is 6.45. The zero-order chi connectivity index (χ0) is 14.8. The molecule has 102 valence electrons. The van der Waals surface area contributed by atoms with Gasteiger partial charge in [0, 0.05) is 4.47 Å². The summed E-state index contributed by atoms with van der Waals surface area (Å²) in [6.45, 7) is 1.85. The number of aryl methyl sites for hydroxylation is 1. The van der Waals surface area contributed by atoms with E-state index in [1.54, 1.807) is 24.3 Å². The molecule has 2 aromatic carbocycles. The van der Waals surface area contributed by atoms with Crippen LogP contribution in [0.25, 0.3) is 0 Å². The summed E-state index contributed by atoms with van der Waals surface area (Å²) in [5.41, 5.74) is 1.09. The van der Waals surface area contributed by atoms with Crippen molar-refractivity contribution in [3.8, 4) is 11.8 Å². The first-order valence-electron chi connectivity index (χ1n) is 5.64. The van der Waals surface area contributed by atoms with E-state index in [9.17, 15) is 8.42 Å². The van der Waals surface area contributed by atoms with Crippen molar-refractivity contribution < 1.29 is 12.6 Å². The Bertz CT molecular complexity index is 794. The molecule has 0 aliphatic carbocycles. The standard InChI is InChI=1S/C14H10BrNO3S/c1-10-6-7-14(12(15)8-10)20(17,18)19-13-5-3-2-4-11(13)9-16/h2-8H,1H3. The molecule has 0 N–H and O–H groups in total. The van der Waals surface area contributed by atoms with Gasteiger partial charge in [0.15, 0.2) is 5.75 Å². The van der Waals surface area contributed by atoms with Crippen LogP contribution >= 0.6 is 15.9 Å². The van der Waals surface area contributed by atoms with E-state index in [0.29, 0.717) is 4.47 Å². The Morgan fingerprint density at radius 3 is 2.55 bits per heavy atom. The van der Waals surface area contributed by atoms with Gasteiger partial charge in [-0.25, -0.2) is 0 Å². The first-order valence-corrected chi connectivity index (χ1v) is 7.84. The third-order valence-electron chi connectivity index (χ3n) is 2.56. The molecular weight excluding hydrogens is 342 g/mol. The molecule has 0 unspecified atom stereocenters. The molecule has 0 aliphatic heterocycles. The average molecular weight is 352 g/mol. The smallest absolute Gasteiger partial charge is 0.340 e. The Hall–Kier alpha value is -1.84. The lowest BCUT2D eigenvalue weighted by Gasteiger charge is -2.10. The highest BCUT2D eigenvalue weighted by Gasteiger charge is 2.21. The maximum Gasteiger partial charge on any atom is 0.340 e. The van der Waals surface area contributed by atoms with Crippen molar-refractivity contribution in [2.24, 2.45) is 0 Å². The maximum atomic E-state index is 12.2. The molecule has 0 radical (unpaired) electrons. The van der Waals surface area contributed by atoms with Crippen LogP contribution in [0.2, 0.25) is 0 Å². The Morgan fingerprint density at radius 1 is 1.20 bits per heavy atom. The fourth-order valence-corrected chi connectivity index (χ4v) is 3.70. The predicted octanol–water partition coefficient (Wildman–Crippen LogP) is 3.40. The molecule has 0 heterocycles. The van der Waals surface area contributed by atoms with Crippen LogP contribution < -0.4 is 4.18 Å². The van der Waals surface area contributed by atoms with Gasteiger partial charge in [-0.05, 0) is 52.7 Å². The van der Waals surface area contributed by atoms with E-state index in [1.165, 1.54) is 18.2 Å². The summed E-state index contributed by atoms with van der Waals surface area (Å²) in [4.78, 5) is 0.0239. The second kappa shape index (κ2) is 5.65. The van der Waals surface area contributed by atoms with Gasteiger partial charge in [-0.15, -0.1) is 0 Å². The molecule has 0 aromatic heterocycles. The third-order valence-corrected chi connectivity index (χ3v) is 4.78. The number of rotatable bonds is 3. The molecular formula is C14H10BrNO3S. The van der Waals surface area contributed by atoms with Gasteiger partial charge in [-0.3, -0.25) is 0 Å². The Kier molecular flexibility index (Phi) is 4.12. The number of benzene rings is 2. The number of nitrogens with zero attached hydrogens (tertiary/aromatic N) is 1. The van der Waals surface area contributed by atoms with E-state index in [4.69, 9.17) is 9.44 Å². The van der Waals surface area contributed by atoms with Gasteiger partial charge in [0.2, 0.25) is 0 Å². The van der Waals surface area contributed by atoms with Crippen LogP contribution in [0.5, 0.6) is 5.75 Å². The monoisotopic (exact) mass is 351 g/mol. The van der Waals surface area contributed by atoms with Crippen molar-refractivity contribution in [2.75, 3.05) is 0 Å². The largest absolute Gasteiger partial charge is 0.378 e. The lowest BCUT2D eigenvalue weighted by molar-refractivity contribution is 0.485. The molecule has 2 rings (SSSR count). The minimum atomic E-state index is -3.99. The summed E-state index contributed by atoms with van der Waals surface area (Å²) in [5, 5.41) is 8.94. The van der Waals surface area contributed by atoms with Crippen LogP contribution in [-0.2, 0) is 10.1 Å². The van der Waals surface area contributed by atoms with E-state index in [-0.39, 0.29) is 16.2 Å². The summed E-state index contributed by atoms with van der Waals surface area (Å²) >= 11 is 3.21. The van der Waals surface area contributed by atoms with E-state index >= 15 is 0 Å². The van der Waals surface area contributed by atoms with Gasteiger partial charge < -0.3 is 4.18 Å². The highest BCUT2D eigenvalue weighted by atomic mass is 79.9. The van der Waals surface area contributed by atoms with Crippen LogP contribution in [0.3, 0.4) is 0 Å². The Balaban J connectivity index is 2.44. The highest BCUT2D eigenvalue weighted by Crippen LogP contribution is 2.27. The van der Waals surface area contributed by atoms with Crippen molar-refractivity contribution in [1.82, 2.24) is 0 Å². The van der Waals surface area contributed by atoms with Crippen molar-refractivity contribution in [1.29, 1.82) is 5.26 Å². The summed E-state index contributed by atoms with van der Waals surface area (Å²) in [7, 11) is -3.99.